The standard InChI is InChI=1S/C29H32F3N5O/c1-21(2)36-18-14-26(15-19-36)37(28(38)11-8-22-6-9-23(10-7-22)29(30,31)32)20-25-4-3-5-27(35-25)34-24-12-16-33-17-13-24/h3-13,16-17,21,26H,14-15,18-20H2,1-2H3,(H,33,34,35)/b11-8+. The van der Waals surface area contributed by atoms with Crippen molar-refractivity contribution in [2.45, 2.75) is 51.5 Å². The van der Waals surface area contributed by atoms with Crippen molar-refractivity contribution in [2.24, 2.45) is 0 Å². The molecule has 9 heteroatoms. The van der Waals surface area contributed by atoms with Crippen LogP contribution in [-0.4, -0.2) is 50.8 Å². The van der Waals surface area contributed by atoms with Crippen molar-refractivity contribution in [3.05, 3.63) is 89.9 Å². The number of amides is 1. The molecule has 1 aromatic carbocycles. The topological polar surface area (TPSA) is 61.4 Å². The molecule has 0 unspecified atom stereocenters. The van der Waals surface area contributed by atoms with E-state index in [-0.39, 0.29) is 11.9 Å². The second-order valence-electron chi connectivity index (χ2n) is 9.66. The molecule has 3 aromatic rings. The molecule has 0 atom stereocenters. The van der Waals surface area contributed by atoms with Crippen molar-refractivity contribution in [2.75, 3.05) is 18.4 Å². The Morgan fingerprint density at radius 1 is 1.08 bits per heavy atom. The highest BCUT2D eigenvalue weighted by Crippen LogP contribution is 2.29. The summed E-state index contributed by atoms with van der Waals surface area (Å²) < 4.78 is 38.7. The van der Waals surface area contributed by atoms with E-state index in [4.69, 9.17) is 4.98 Å². The fourth-order valence-corrected chi connectivity index (χ4v) is 4.54. The molecule has 1 N–H and O–H groups in total. The molecule has 38 heavy (non-hydrogen) atoms. The van der Waals surface area contributed by atoms with Crippen LogP contribution >= 0.6 is 0 Å². The number of piperidine rings is 1. The lowest BCUT2D eigenvalue weighted by Crippen LogP contribution is -2.48. The Balaban J connectivity index is 1.51. The van der Waals surface area contributed by atoms with Gasteiger partial charge in [0, 0.05) is 49.3 Å². The maximum atomic E-state index is 13.4. The maximum absolute atomic E-state index is 13.4. The number of nitrogens with one attached hydrogen (secondary N) is 1. The van der Waals surface area contributed by atoms with Crippen LogP contribution in [0.4, 0.5) is 24.7 Å². The molecule has 0 radical (unpaired) electrons. The molecular formula is C29H32F3N5O. The molecule has 1 aliphatic rings. The zero-order valence-electron chi connectivity index (χ0n) is 21.5. The molecule has 1 fully saturated rings. The molecule has 0 aliphatic carbocycles. The fraction of sp³-hybridized carbons (Fsp3) is 0.345. The molecule has 0 saturated carbocycles. The molecule has 3 heterocycles. The van der Waals surface area contributed by atoms with E-state index >= 15 is 0 Å². The Bertz CT molecular complexity index is 1220. The highest BCUT2D eigenvalue weighted by atomic mass is 19.4. The summed E-state index contributed by atoms with van der Waals surface area (Å²) in [5.41, 5.74) is 1.41. The number of hydrogen-bond acceptors (Lipinski definition) is 5. The Kier molecular flexibility index (Phi) is 8.78. The molecule has 1 amide bonds. The van der Waals surface area contributed by atoms with Gasteiger partial charge in [-0.05, 0) is 74.7 Å². The summed E-state index contributed by atoms with van der Waals surface area (Å²) in [5.74, 6) is 0.471. The minimum Gasteiger partial charge on any atom is -0.340 e. The molecule has 4 rings (SSSR count). The SMILES string of the molecule is CC(C)N1CCC(N(Cc2cccc(Nc3ccncc3)n2)C(=O)/C=C/c2ccc(C(F)(F)F)cc2)CC1. The lowest BCUT2D eigenvalue weighted by atomic mass is 10.0. The second kappa shape index (κ2) is 12.2. The van der Waals surface area contributed by atoms with Crippen LogP contribution in [0.5, 0.6) is 0 Å². The minimum atomic E-state index is -4.40. The number of carbonyl (C=O) groups excluding carboxylic acids is 1. The predicted molar refractivity (Wildman–Crippen MR) is 143 cm³/mol. The van der Waals surface area contributed by atoms with Gasteiger partial charge in [-0.25, -0.2) is 4.98 Å². The Labute approximate surface area is 221 Å². The normalized spacial score (nSPS) is 15.2. The van der Waals surface area contributed by atoms with Gasteiger partial charge in [0.25, 0.3) is 0 Å². The highest BCUT2D eigenvalue weighted by Gasteiger charge is 2.30. The summed E-state index contributed by atoms with van der Waals surface area (Å²) >= 11 is 0. The quantitative estimate of drug-likeness (QED) is 0.359. The van der Waals surface area contributed by atoms with Crippen molar-refractivity contribution in [3.8, 4) is 0 Å². The molecule has 0 bridgehead atoms. The number of carbonyl (C=O) groups is 1. The van der Waals surface area contributed by atoms with Crippen molar-refractivity contribution in [1.29, 1.82) is 0 Å². The number of halogens is 3. The van der Waals surface area contributed by atoms with Gasteiger partial charge in [-0.1, -0.05) is 18.2 Å². The average Bonchev–Trinajstić information content (AvgIpc) is 2.91. The van der Waals surface area contributed by atoms with Gasteiger partial charge in [-0.3, -0.25) is 9.78 Å². The van der Waals surface area contributed by atoms with E-state index < -0.39 is 11.7 Å². The highest BCUT2D eigenvalue weighted by molar-refractivity contribution is 5.92. The Hall–Kier alpha value is -3.72. The summed E-state index contributed by atoms with van der Waals surface area (Å²) in [4.78, 5) is 26.4. The van der Waals surface area contributed by atoms with Crippen LogP contribution in [0, 0.1) is 0 Å². The van der Waals surface area contributed by atoms with Gasteiger partial charge in [0.15, 0.2) is 0 Å². The monoisotopic (exact) mass is 523 g/mol. The summed E-state index contributed by atoms with van der Waals surface area (Å²) in [6.07, 6.45) is 3.68. The summed E-state index contributed by atoms with van der Waals surface area (Å²) in [7, 11) is 0. The molecular weight excluding hydrogens is 491 g/mol. The second-order valence-corrected chi connectivity index (χ2v) is 9.66. The first-order chi connectivity index (χ1) is 18.2. The summed E-state index contributed by atoms with van der Waals surface area (Å²) in [6, 6.07) is 14.6. The van der Waals surface area contributed by atoms with E-state index in [1.54, 1.807) is 18.5 Å². The van der Waals surface area contributed by atoms with E-state index in [2.05, 4.69) is 29.0 Å². The van der Waals surface area contributed by atoms with Crippen LogP contribution in [0.1, 0.15) is 43.5 Å². The first-order valence-electron chi connectivity index (χ1n) is 12.7. The van der Waals surface area contributed by atoms with E-state index in [0.717, 1.165) is 49.4 Å². The largest absolute Gasteiger partial charge is 0.416 e. The zero-order valence-corrected chi connectivity index (χ0v) is 21.5. The van der Waals surface area contributed by atoms with Crippen LogP contribution in [0.3, 0.4) is 0 Å². The zero-order chi connectivity index (χ0) is 27.1. The third-order valence-electron chi connectivity index (χ3n) is 6.70. The van der Waals surface area contributed by atoms with E-state index in [9.17, 15) is 18.0 Å². The van der Waals surface area contributed by atoms with E-state index in [0.29, 0.717) is 24.0 Å². The van der Waals surface area contributed by atoms with Crippen molar-refractivity contribution >= 4 is 23.5 Å². The van der Waals surface area contributed by atoms with Crippen LogP contribution in [0.15, 0.2) is 73.1 Å². The lowest BCUT2D eigenvalue weighted by Gasteiger charge is -2.39. The van der Waals surface area contributed by atoms with Gasteiger partial charge in [0.1, 0.15) is 5.82 Å². The number of hydrogen-bond donors (Lipinski definition) is 1. The molecule has 1 saturated heterocycles. The summed E-state index contributed by atoms with van der Waals surface area (Å²) in [5, 5.41) is 3.25. The number of aromatic nitrogens is 2. The van der Waals surface area contributed by atoms with Crippen LogP contribution in [-0.2, 0) is 17.5 Å². The molecule has 0 spiro atoms. The van der Waals surface area contributed by atoms with Crippen LogP contribution in [0.2, 0.25) is 0 Å². The molecule has 2 aromatic heterocycles. The Morgan fingerprint density at radius 3 is 2.39 bits per heavy atom. The number of alkyl halides is 3. The van der Waals surface area contributed by atoms with Crippen LogP contribution in [0.25, 0.3) is 6.08 Å². The maximum Gasteiger partial charge on any atom is 0.416 e. The first kappa shape index (κ1) is 27.3. The molecule has 6 nitrogen and oxygen atoms in total. The average molecular weight is 524 g/mol. The minimum absolute atomic E-state index is 0.0355. The van der Waals surface area contributed by atoms with Crippen molar-refractivity contribution < 1.29 is 18.0 Å². The summed E-state index contributed by atoms with van der Waals surface area (Å²) in [6.45, 7) is 6.45. The predicted octanol–water partition coefficient (Wildman–Crippen LogP) is 6.15. The fourth-order valence-electron chi connectivity index (χ4n) is 4.54. The third-order valence-corrected chi connectivity index (χ3v) is 6.70. The molecule has 1 aliphatic heterocycles. The number of nitrogens with zero attached hydrogens (tertiary/aromatic N) is 4. The van der Waals surface area contributed by atoms with Crippen LogP contribution < -0.4 is 5.32 Å². The van der Waals surface area contributed by atoms with Crippen molar-refractivity contribution in [3.63, 3.8) is 0 Å². The van der Waals surface area contributed by atoms with E-state index in [1.165, 1.54) is 18.2 Å². The van der Waals surface area contributed by atoms with Gasteiger partial charge in [0.05, 0.1) is 17.8 Å². The number of likely N-dealkylation sites (tertiary alicyclic amines) is 1. The van der Waals surface area contributed by atoms with Gasteiger partial charge >= 0.3 is 6.18 Å². The van der Waals surface area contributed by atoms with Gasteiger partial charge in [-0.15, -0.1) is 0 Å². The van der Waals surface area contributed by atoms with Crippen molar-refractivity contribution in [1.82, 2.24) is 19.8 Å². The number of pyridine rings is 2. The lowest BCUT2D eigenvalue weighted by molar-refractivity contribution is -0.137. The van der Waals surface area contributed by atoms with E-state index in [1.807, 2.05) is 35.2 Å². The Morgan fingerprint density at radius 2 is 1.76 bits per heavy atom. The number of benzene rings is 1. The van der Waals surface area contributed by atoms with Gasteiger partial charge in [-0.2, -0.15) is 13.2 Å². The van der Waals surface area contributed by atoms with Gasteiger partial charge < -0.3 is 15.1 Å². The first-order valence-corrected chi connectivity index (χ1v) is 12.7. The number of anilines is 2. The smallest absolute Gasteiger partial charge is 0.340 e. The third kappa shape index (κ3) is 7.41. The number of rotatable bonds is 8. The molecule has 200 valence electrons. The van der Waals surface area contributed by atoms with Gasteiger partial charge in [0.2, 0.25) is 5.91 Å².